The minimum Gasteiger partial charge on any atom is -0.389 e. The first-order chi connectivity index (χ1) is 8.59. The number of thiocarbonyl (C=S) groups is 1. The van der Waals surface area contributed by atoms with E-state index in [2.05, 4.69) is 17.3 Å². The number of hydrogen-bond acceptors (Lipinski definition) is 3. The van der Waals surface area contributed by atoms with Crippen LogP contribution in [0.2, 0.25) is 5.02 Å². The second kappa shape index (κ2) is 5.87. The molecule has 5 heteroatoms. The number of rotatable bonds is 6. The molecule has 1 aromatic rings. The van der Waals surface area contributed by atoms with Gasteiger partial charge in [0.1, 0.15) is 4.99 Å². The highest BCUT2D eigenvalue weighted by Gasteiger charge is 2.25. The van der Waals surface area contributed by atoms with Gasteiger partial charge in [-0.05, 0) is 32.0 Å². The van der Waals surface area contributed by atoms with Gasteiger partial charge in [0.25, 0.3) is 0 Å². The van der Waals surface area contributed by atoms with Crippen LogP contribution in [0, 0.1) is 0 Å². The van der Waals surface area contributed by atoms with Crippen molar-refractivity contribution in [3.63, 3.8) is 0 Å². The summed E-state index contributed by atoms with van der Waals surface area (Å²) in [5, 5.41) is 3.96. The van der Waals surface area contributed by atoms with Crippen LogP contribution < -0.4 is 11.1 Å². The van der Waals surface area contributed by atoms with E-state index in [1.54, 1.807) is 6.07 Å². The second-order valence-corrected chi connectivity index (χ2v) is 5.51. The summed E-state index contributed by atoms with van der Waals surface area (Å²) in [7, 11) is 2.16. The van der Waals surface area contributed by atoms with E-state index in [-0.39, 0.29) is 0 Å². The molecule has 0 heterocycles. The van der Waals surface area contributed by atoms with Gasteiger partial charge in [0.2, 0.25) is 0 Å². The summed E-state index contributed by atoms with van der Waals surface area (Å²) >= 11 is 11.1. The van der Waals surface area contributed by atoms with Crippen molar-refractivity contribution in [3.8, 4) is 0 Å². The van der Waals surface area contributed by atoms with Crippen LogP contribution in [0.3, 0.4) is 0 Å². The number of benzene rings is 1. The maximum atomic E-state index is 6.11. The maximum Gasteiger partial charge on any atom is 0.107 e. The van der Waals surface area contributed by atoms with Crippen molar-refractivity contribution in [1.82, 2.24) is 4.90 Å². The first kappa shape index (κ1) is 13.6. The summed E-state index contributed by atoms with van der Waals surface area (Å²) < 4.78 is 0. The third-order valence-corrected chi connectivity index (χ3v) is 3.73. The van der Waals surface area contributed by atoms with E-state index in [1.165, 1.54) is 12.8 Å². The molecular weight excluding hydrogens is 266 g/mol. The molecule has 98 valence electrons. The predicted molar refractivity (Wildman–Crippen MR) is 81.5 cm³/mol. The highest BCUT2D eigenvalue weighted by atomic mass is 35.5. The smallest absolute Gasteiger partial charge is 0.107 e. The van der Waals surface area contributed by atoms with Crippen molar-refractivity contribution >= 4 is 34.5 Å². The number of nitrogens with one attached hydrogen (secondary N) is 1. The van der Waals surface area contributed by atoms with Crippen LogP contribution in [0.5, 0.6) is 0 Å². The number of halogens is 1. The van der Waals surface area contributed by atoms with Gasteiger partial charge in [-0.3, -0.25) is 0 Å². The molecular formula is C13H18ClN3S. The van der Waals surface area contributed by atoms with Gasteiger partial charge in [-0.15, -0.1) is 0 Å². The van der Waals surface area contributed by atoms with Gasteiger partial charge in [0, 0.05) is 24.8 Å². The van der Waals surface area contributed by atoms with Crippen molar-refractivity contribution in [2.75, 3.05) is 25.5 Å². The first-order valence-corrected chi connectivity index (χ1v) is 6.90. The number of anilines is 1. The van der Waals surface area contributed by atoms with E-state index in [0.29, 0.717) is 10.0 Å². The van der Waals surface area contributed by atoms with E-state index in [9.17, 15) is 0 Å². The molecule has 0 amide bonds. The quantitative estimate of drug-likeness (QED) is 0.787. The first-order valence-electron chi connectivity index (χ1n) is 6.12. The molecule has 1 aromatic carbocycles. The van der Waals surface area contributed by atoms with E-state index >= 15 is 0 Å². The average molecular weight is 284 g/mol. The Bertz CT molecular complexity index is 446. The molecule has 3 nitrogen and oxygen atoms in total. The van der Waals surface area contributed by atoms with Crippen LogP contribution in [0.15, 0.2) is 18.2 Å². The van der Waals surface area contributed by atoms with Gasteiger partial charge >= 0.3 is 0 Å². The van der Waals surface area contributed by atoms with Crippen molar-refractivity contribution in [1.29, 1.82) is 0 Å². The van der Waals surface area contributed by atoms with Crippen LogP contribution >= 0.6 is 23.8 Å². The third-order valence-electron chi connectivity index (χ3n) is 3.21. The molecule has 1 fully saturated rings. The highest BCUT2D eigenvalue weighted by molar-refractivity contribution is 7.80. The summed E-state index contributed by atoms with van der Waals surface area (Å²) in [5.74, 6) is 0. The minimum absolute atomic E-state index is 0.332. The van der Waals surface area contributed by atoms with Gasteiger partial charge in [0.15, 0.2) is 0 Å². The zero-order valence-electron chi connectivity index (χ0n) is 10.4. The minimum atomic E-state index is 0.332. The fourth-order valence-electron chi connectivity index (χ4n) is 1.99. The van der Waals surface area contributed by atoms with Gasteiger partial charge < -0.3 is 16.0 Å². The fourth-order valence-corrected chi connectivity index (χ4v) is 2.54. The van der Waals surface area contributed by atoms with Crippen LogP contribution in [0.1, 0.15) is 18.4 Å². The number of hydrogen-bond donors (Lipinski definition) is 2. The zero-order chi connectivity index (χ0) is 13.1. The van der Waals surface area contributed by atoms with Crippen molar-refractivity contribution < 1.29 is 0 Å². The standard InChI is InChI=1S/C13H18ClN3S/c1-17(9-5-6-9)8-7-16-11-4-2-3-10(14)12(11)13(15)18/h2-4,9,16H,5-8H2,1H3,(H2,15,18). The molecule has 0 unspecified atom stereocenters. The lowest BCUT2D eigenvalue weighted by Crippen LogP contribution is -2.27. The molecule has 1 saturated carbocycles. The monoisotopic (exact) mass is 283 g/mol. The summed E-state index contributed by atoms with van der Waals surface area (Å²) in [6.45, 7) is 1.87. The molecule has 3 N–H and O–H groups in total. The van der Waals surface area contributed by atoms with Crippen LogP contribution in [-0.4, -0.2) is 36.1 Å². The molecule has 1 aliphatic rings. The Hall–Kier alpha value is -0.840. The molecule has 1 aliphatic carbocycles. The Morgan fingerprint density at radius 3 is 2.89 bits per heavy atom. The highest BCUT2D eigenvalue weighted by Crippen LogP contribution is 2.26. The van der Waals surface area contributed by atoms with Crippen LogP contribution in [0.25, 0.3) is 0 Å². The second-order valence-electron chi connectivity index (χ2n) is 4.67. The average Bonchev–Trinajstić information content (AvgIpc) is 3.12. The summed E-state index contributed by atoms with van der Waals surface area (Å²) in [4.78, 5) is 2.71. The van der Waals surface area contributed by atoms with E-state index in [0.717, 1.165) is 30.4 Å². The summed E-state index contributed by atoms with van der Waals surface area (Å²) in [5.41, 5.74) is 7.36. The van der Waals surface area contributed by atoms with Crippen molar-refractivity contribution in [3.05, 3.63) is 28.8 Å². The van der Waals surface area contributed by atoms with Gasteiger partial charge in [-0.1, -0.05) is 29.9 Å². The van der Waals surface area contributed by atoms with Crippen LogP contribution in [-0.2, 0) is 0 Å². The third kappa shape index (κ3) is 3.34. The molecule has 0 atom stereocenters. The number of likely N-dealkylation sites (N-methyl/N-ethyl adjacent to an activating group) is 1. The maximum absolute atomic E-state index is 6.11. The van der Waals surface area contributed by atoms with Crippen molar-refractivity contribution in [2.45, 2.75) is 18.9 Å². The van der Waals surface area contributed by atoms with Gasteiger partial charge in [0.05, 0.1) is 10.6 Å². The van der Waals surface area contributed by atoms with Crippen LogP contribution in [0.4, 0.5) is 5.69 Å². The molecule has 0 saturated heterocycles. The fraction of sp³-hybridized carbons (Fsp3) is 0.462. The molecule has 2 rings (SSSR count). The summed E-state index contributed by atoms with van der Waals surface area (Å²) in [6, 6.07) is 6.44. The Labute approximate surface area is 118 Å². The Morgan fingerprint density at radius 2 is 2.28 bits per heavy atom. The van der Waals surface area contributed by atoms with Gasteiger partial charge in [-0.2, -0.15) is 0 Å². The normalized spacial score (nSPS) is 14.8. The molecule has 0 radical (unpaired) electrons. The lowest BCUT2D eigenvalue weighted by molar-refractivity contribution is 0.337. The largest absolute Gasteiger partial charge is 0.389 e. The Kier molecular flexibility index (Phi) is 4.43. The predicted octanol–water partition coefficient (Wildman–Crippen LogP) is 2.48. The van der Waals surface area contributed by atoms with E-state index in [1.807, 2.05) is 12.1 Å². The molecule has 0 spiro atoms. The molecule has 0 aromatic heterocycles. The zero-order valence-corrected chi connectivity index (χ0v) is 12.0. The topological polar surface area (TPSA) is 41.3 Å². The number of nitrogens with two attached hydrogens (primary N) is 1. The number of nitrogens with zero attached hydrogens (tertiary/aromatic N) is 1. The van der Waals surface area contributed by atoms with E-state index < -0.39 is 0 Å². The van der Waals surface area contributed by atoms with E-state index in [4.69, 9.17) is 29.6 Å². The molecule has 0 aliphatic heterocycles. The van der Waals surface area contributed by atoms with Crippen molar-refractivity contribution in [2.24, 2.45) is 5.73 Å². The lowest BCUT2D eigenvalue weighted by atomic mass is 10.1. The lowest BCUT2D eigenvalue weighted by Gasteiger charge is -2.17. The summed E-state index contributed by atoms with van der Waals surface area (Å²) in [6.07, 6.45) is 2.65. The van der Waals surface area contributed by atoms with Gasteiger partial charge in [-0.25, -0.2) is 0 Å². The SMILES string of the molecule is CN(CCNc1cccc(Cl)c1C(N)=S)C1CC1. The molecule has 18 heavy (non-hydrogen) atoms. The molecule has 0 bridgehead atoms. The Balaban J connectivity index is 1.95. The Morgan fingerprint density at radius 1 is 1.56 bits per heavy atom.